The van der Waals surface area contributed by atoms with Crippen LogP contribution in [-0.2, 0) is 0 Å². The summed E-state index contributed by atoms with van der Waals surface area (Å²) >= 11 is 0. The molecule has 3 nitrogen and oxygen atoms in total. The van der Waals surface area contributed by atoms with Crippen molar-refractivity contribution in [2.24, 2.45) is 10.2 Å². The number of hydrogen-bond donors (Lipinski definition) is 1. The molecule has 16 heavy (non-hydrogen) atoms. The van der Waals surface area contributed by atoms with Gasteiger partial charge in [-0.1, -0.05) is 24.8 Å². The van der Waals surface area contributed by atoms with Crippen LogP contribution in [0, 0.1) is 0 Å². The first-order valence-corrected chi connectivity index (χ1v) is 4.89. The lowest BCUT2D eigenvalue weighted by molar-refractivity contribution is 1.17. The van der Waals surface area contributed by atoms with E-state index in [9.17, 15) is 0 Å². The molecule has 0 bridgehead atoms. The van der Waals surface area contributed by atoms with E-state index in [1.54, 1.807) is 18.2 Å². The van der Waals surface area contributed by atoms with Crippen LogP contribution in [0.15, 0.2) is 71.1 Å². The molecule has 2 N–H and O–H groups in total. The van der Waals surface area contributed by atoms with Crippen LogP contribution in [0.2, 0.25) is 0 Å². The van der Waals surface area contributed by atoms with E-state index in [1.165, 1.54) is 0 Å². The van der Waals surface area contributed by atoms with E-state index >= 15 is 0 Å². The molecule has 0 saturated heterocycles. The van der Waals surface area contributed by atoms with Gasteiger partial charge < -0.3 is 5.73 Å². The molecule has 0 aromatic heterocycles. The highest BCUT2D eigenvalue weighted by Gasteiger charge is 1.91. The summed E-state index contributed by atoms with van der Waals surface area (Å²) in [5.74, 6) is 0. The van der Waals surface area contributed by atoms with Gasteiger partial charge in [0.2, 0.25) is 0 Å². The number of nitrogens with zero attached hydrogens (tertiary/aromatic N) is 2. The van der Waals surface area contributed by atoms with Crippen LogP contribution < -0.4 is 5.73 Å². The van der Waals surface area contributed by atoms with Crippen LogP contribution in [-0.4, -0.2) is 0 Å². The van der Waals surface area contributed by atoms with Crippen LogP contribution in [0.25, 0.3) is 0 Å². The van der Waals surface area contributed by atoms with Gasteiger partial charge in [0.25, 0.3) is 0 Å². The Morgan fingerprint density at radius 1 is 1.44 bits per heavy atom. The van der Waals surface area contributed by atoms with Crippen molar-refractivity contribution in [2.75, 3.05) is 5.73 Å². The van der Waals surface area contributed by atoms with Gasteiger partial charge in [-0.05, 0) is 37.3 Å². The first-order chi connectivity index (χ1) is 7.61. The Balaban J connectivity index is 2.87. The standard InChI is InChI=1S/C13H15N3/c1-4-12(8-10(2)3)15-16-13-7-5-6-11(14)9-13/h4-9H,1-2,14H2,3H3/b12-8+,16-15?. The van der Waals surface area contributed by atoms with Crippen molar-refractivity contribution < 1.29 is 0 Å². The molecular formula is C13H15N3. The summed E-state index contributed by atoms with van der Waals surface area (Å²) in [5, 5.41) is 8.10. The molecule has 0 spiro atoms. The molecule has 1 aromatic rings. The molecule has 0 radical (unpaired) electrons. The minimum Gasteiger partial charge on any atom is -0.399 e. The molecule has 82 valence electrons. The second-order valence-corrected chi connectivity index (χ2v) is 3.41. The fourth-order valence-electron chi connectivity index (χ4n) is 1.08. The Kier molecular flexibility index (Phi) is 4.21. The average molecular weight is 213 g/mol. The SMILES string of the molecule is C=C/C(=C\C(=C)C)N=Nc1cccc(N)c1. The van der Waals surface area contributed by atoms with Crippen molar-refractivity contribution >= 4 is 11.4 Å². The Bertz CT molecular complexity index is 456. The second kappa shape index (κ2) is 5.66. The van der Waals surface area contributed by atoms with Crippen LogP contribution >= 0.6 is 0 Å². The molecule has 3 heteroatoms. The summed E-state index contributed by atoms with van der Waals surface area (Å²) in [7, 11) is 0. The predicted octanol–water partition coefficient (Wildman–Crippen LogP) is 4.00. The smallest absolute Gasteiger partial charge is 0.0877 e. The van der Waals surface area contributed by atoms with Gasteiger partial charge >= 0.3 is 0 Å². The van der Waals surface area contributed by atoms with Crippen molar-refractivity contribution in [3.63, 3.8) is 0 Å². The Labute approximate surface area is 95.7 Å². The number of rotatable bonds is 4. The molecule has 0 atom stereocenters. The van der Waals surface area contributed by atoms with Gasteiger partial charge in [-0.3, -0.25) is 0 Å². The van der Waals surface area contributed by atoms with Gasteiger partial charge in [0.1, 0.15) is 0 Å². The monoisotopic (exact) mass is 213 g/mol. The number of benzene rings is 1. The van der Waals surface area contributed by atoms with Crippen molar-refractivity contribution in [3.8, 4) is 0 Å². The highest BCUT2D eigenvalue weighted by molar-refractivity contribution is 5.50. The van der Waals surface area contributed by atoms with E-state index in [0.29, 0.717) is 11.4 Å². The first kappa shape index (κ1) is 11.9. The summed E-state index contributed by atoms with van der Waals surface area (Å²) < 4.78 is 0. The third-order valence-corrected chi connectivity index (χ3v) is 1.75. The van der Waals surface area contributed by atoms with Crippen molar-refractivity contribution in [3.05, 3.63) is 60.8 Å². The second-order valence-electron chi connectivity index (χ2n) is 3.41. The van der Waals surface area contributed by atoms with Crippen molar-refractivity contribution in [1.82, 2.24) is 0 Å². The summed E-state index contributed by atoms with van der Waals surface area (Å²) in [6.07, 6.45) is 3.44. The van der Waals surface area contributed by atoms with E-state index in [1.807, 2.05) is 25.1 Å². The molecule has 0 aliphatic rings. The van der Waals surface area contributed by atoms with Crippen molar-refractivity contribution in [1.29, 1.82) is 0 Å². The van der Waals surface area contributed by atoms with E-state index in [2.05, 4.69) is 23.4 Å². The van der Waals surface area contributed by atoms with Crippen LogP contribution in [0.5, 0.6) is 0 Å². The summed E-state index contributed by atoms with van der Waals surface area (Å²) in [5.41, 5.74) is 8.59. The molecule has 1 aromatic carbocycles. The van der Waals surface area contributed by atoms with Crippen molar-refractivity contribution in [2.45, 2.75) is 6.92 Å². The number of allylic oxidation sites excluding steroid dienone is 3. The lowest BCUT2D eigenvalue weighted by Crippen LogP contribution is -1.81. The molecule has 0 amide bonds. The number of anilines is 1. The normalized spacial score (nSPS) is 11.7. The summed E-state index contributed by atoms with van der Waals surface area (Å²) in [4.78, 5) is 0. The van der Waals surface area contributed by atoms with Crippen LogP contribution in [0.1, 0.15) is 6.92 Å². The van der Waals surface area contributed by atoms with Gasteiger partial charge in [-0.25, -0.2) is 0 Å². The first-order valence-electron chi connectivity index (χ1n) is 4.89. The summed E-state index contributed by atoms with van der Waals surface area (Å²) in [6.45, 7) is 9.31. The third kappa shape index (κ3) is 3.92. The quantitative estimate of drug-likeness (QED) is 0.458. The fourth-order valence-corrected chi connectivity index (χ4v) is 1.08. The zero-order valence-electron chi connectivity index (χ0n) is 9.35. The maximum atomic E-state index is 5.63. The molecule has 0 saturated carbocycles. The lowest BCUT2D eigenvalue weighted by atomic mass is 10.3. The van der Waals surface area contributed by atoms with Crippen LogP contribution in [0.3, 0.4) is 0 Å². The Hall–Kier alpha value is -2.16. The van der Waals surface area contributed by atoms with E-state index in [0.717, 1.165) is 11.3 Å². The minimum atomic E-state index is 0.667. The van der Waals surface area contributed by atoms with Gasteiger partial charge in [-0.15, -0.1) is 0 Å². The summed E-state index contributed by atoms with van der Waals surface area (Å²) in [6, 6.07) is 7.23. The maximum Gasteiger partial charge on any atom is 0.0877 e. The Morgan fingerprint density at radius 2 is 2.19 bits per heavy atom. The number of nitrogens with two attached hydrogens (primary N) is 1. The molecule has 0 aliphatic carbocycles. The number of hydrogen-bond acceptors (Lipinski definition) is 3. The third-order valence-electron chi connectivity index (χ3n) is 1.75. The zero-order chi connectivity index (χ0) is 12.0. The number of nitrogen functional groups attached to an aromatic ring is 1. The molecule has 0 fully saturated rings. The molecule has 0 aliphatic heterocycles. The molecule has 0 heterocycles. The molecule has 1 rings (SSSR count). The van der Waals surface area contributed by atoms with Crippen LogP contribution in [0.4, 0.5) is 11.4 Å². The minimum absolute atomic E-state index is 0.667. The average Bonchev–Trinajstić information content (AvgIpc) is 2.24. The lowest BCUT2D eigenvalue weighted by Gasteiger charge is -1.95. The van der Waals surface area contributed by atoms with Gasteiger partial charge in [-0.2, -0.15) is 10.2 Å². The molecule has 0 unspecified atom stereocenters. The number of azo groups is 1. The molecular weight excluding hydrogens is 198 g/mol. The predicted molar refractivity (Wildman–Crippen MR) is 68.5 cm³/mol. The van der Waals surface area contributed by atoms with E-state index < -0.39 is 0 Å². The van der Waals surface area contributed by atoms with Gasteiger partial charge in [0.05, 0.1) is 11.4 Å². The fraction of sp³-hybridized carbons (Fsp3) is 0.0769. The highest BCUT2D eigenvalue weighted by atomic mass is 15.1. The highest BCUT2D eigenvalue weighted by Crippen LogP contribution is 2.17. The van der Waals surface area contributed by atoms with E-state index in [4.69, 9.17) is 5.73 Å². The Morgan fingerprint density at radius 3 is 2.75 bits per heavy atom. The van der Waals surface area contributed by atoms with E-state index in [-0.39, 0.29) is 0 Å². The topological polar surface area (TPSA) is 50.7 Å². The largest absolute Gasteiger partial charge is 0.399 e. The van der Waals surface area contributed by atoms with Gasteiger partial charge in [0, 0.05) is 5.69 Å². The maximum absolute atomic E-state index is 5.63. The van der Waals surface area contributed by atoms with Gasteiger partial charge in [0.15, 0.2) is 0 Å². The zero-order valence-corrected chi connectivity index (χ0v) is 9.35.